The van der Waals surface area contributed by atoms with E-state index in [4.69, 9.17) is 10.2 Å². The van der Waals surface area contributed by atoms with E-state index in [0.717, 1.165) is 6.26 Å². The molecule has 0 aliphatic rings. The Bertz CT molecular complexity index is 653. The number of carbonyl (C=O) groups is 2. The van der Waals surface area contributed by atoms with Crippen molar-refractivity contribution < 1.29 is 28.2 Å². The summed E-state index contributed by atoms with van der Waals surface area (Å²) in [5.74, 6) is -1.96. The van der Waals surface area contributed by atoms with Crippen LogP contribution in [0.5, 0.6) is 0 Å². The highest BCUT2D eigenvalue weighted by molar-refractivity contribution is 7.90. The topological polar surface area (TPSA) is 121 Å². The quantitative estimate of drug-likeness (QED) is 0.677. The molecule has 0 saturated heterocycles. The predicted octanol–water partition coefficient (Wildman–Crippen LogP) is -0.0361. The SMILES string of the molecule is Cc1ccc(S(C)(=O)=O)cc1C(=O)N[C@@H](CCO)C(=O)O. The van der Waals surface area contributed by atoms with Crippen LogP contribution in [0.3, 0.4) is 0 Å². The minimum atomic E-state index is -3.47. The van der Waals surface area contributed by atoms with Gasteiger partial charge in [0.25, 0.3) is 5.91 Å². The highest BCUT2D eigenvalue weighted by Crippen LogP contribution is 2.16. The van der Waals surface area contributed by atoms with Gasteiger partial charge in [0.2, 0.25) is 0 Å². The average molecular weight is 315 g/mol. The second-order valence-corrected chi connectivity index (χ2v) is 6.64. The lowest BCUT2D eigenvalue weighted by atomic mass is 10.1. The Hall–Kier alpha value is -1.93. The number of hydrogen-bond acceptors (Lipinski definition) is 5. The van der Waals surface area contributed by atoms with Gasteiger partial charge < -0.3 is 15.5 Å². The standard InChI is InChI=1S/C13H17NO6S/c1-8-3-4-9(21(2,19)20)7-10(8)12(16)14-11(5-6-15)13(17)18/h3-4,7,11,15H,5-6H2,1-2H3,(H,14,16)(H,17,18)/t11-/m0/s1. The first-order chi connectivity index (χ1) is 9.66. The smallest absolute Gasteiger partial charge is 0.326 e. The van der Waals surface area contributed by atoms with Crippen LogP contribution in [0.2, 0.25) is 0 Å². The summed E-state index contributed by atoms with van der Waals surface area (Å²) in [6.45, 7) is 1.22. The van der Waals surface area contributed by atoms with Gasteiger partial charge in [-0.1, -0.05) is 6.07 Å². The molecule has 116 valence electrons. The van der Waals surface area contributed by atoms with Crippen molar-refractivity contribution in [1.29, 1.82) is 0 Å². The molecule has 21 heavy (non-hydrogen) atoms. The first-order valence-corrected chi connectivity index (χ1v) is 8.01. The Morgan fingerprint density at radius 2 is 1.95 bits per heavy atom. The third-order valence-electron chi connectivity index (χ3n) is 2.90. The van der Waals surface area contributed by atoms with Crippen LogP contribution in [0.25, 0.3) is 0 Å². The van der Waals surface area contributed by atoms with E-state index in [1.807, 2.05) is 0 Å². The molecule has 1 amide bonds. The number of aliphatic carboxylic acids is 1. The molecule has 1 atom stereocenters. The summed E-state index contributed by atoms with van der Waals surface area (Å²) in [6.07, 6.45) is 0.886. The number of nitrogens with one attached hydrogen (secondary N) is 1. The minimum absolute atomic E-state index is 0.0210. The van der Waals surface area contributed by atoms with Crippen molar-refractivity contribution in [2.24, 2.45) is 0 Å². The van der Waals surface area contributed by atoms with E-state index in [1.54, 1.807) is 6.92 Å². The molecule has 0 aliphatic heterocycles. The number of aliphatic hydroxyl groups excluding tert-OH is 1. The molecule has 0 heterocycles. The number of carbonyl (C=O) groups excluding carboxylic acids is 1. The van der Waals surface area contributed by atoms with E-state index in [-0.39, 0.29) is 23.5 Å². The van der Waals surface area contributed by atoms with Crippen LogP contribution in [0, 0.1) is 6.92 Å². The monoisotopic (exact) mass is 315 g/mol. The van der Waals surface area contributed by atoms with Crippen molar-refractivity contribution in [3.05, 3.63) is 29.3 Å². The van der Waals surface area contributed by atoms with E-state index in [0.29, 0.717) is 5.56 Å². The lowest BCUT2D eigenvalue weighted by molar-refractivity contribution is -0.139. The number of benzene rings is 1. The molecule has 1 rings (SSSR count). The fourth-order valence-corrected chi connectivity index (χ4v) is 2.35. The van der Waals surface area contributed by atoms with E-state index in [1.165, 1.54) is 18.2 Å². The zero-order chi connectivity index (χ0) is 16.2. The van der Waals surface area contributed by atoms with Crippen LogP contribution in [0.1, 0.15) is 22.3 Å². The molecule has 0 bridgehead atoms. The predicted molar refractivity (Wildman–Crippen MR) is 74.9 cm³/mol. The minimum Gasteiger partial charge on any atom is -0.480 e. The Kier molecular flexibility index (Phi) is 5.45. The molecule has 3 N–H and O–H groups in total. The van der Waals surface area contributed by atoms with Gasteiger partial charge in [0, 0.05) is 24.8 Å². The molecule has 8 heteroatoms. The first-order valence-electron chi connectivity index (χ1n) is 6.12. The summed E-state index contributed by atoms with van der Waals surface area (Å²) in [5.41, 5.74) is 0.607. The van der Waals surface area contributed by atoms with Crippen molar-refractivity contribution in [2.45, 2.75) is 24.3 Å². The van der Waals surface area contributed by atoms with Gasteiger partial charge in [-0.05, 0) is 24.6 Å². The maximum atomic E-state index is 12.1. The van der Waals surface area contributed by atoms with Crippen LogP contribution in [0.15, 0.2) is 23.1 Å². The Labute approximate surface area is 122 Å². The van der Waals surface area contributed by atoms with Crippen molar-refractivity contribution in [3.8, 4) is 0 Å². The highest BCUT2D eigenvalue weighted by Gasteiger charge is 2.22. The summed E-state index contributed by atoms with van der Waals surface area (Å²) in [6, 6.07) is 2.83. The zero-order valence-corrected chi connectivity index (χ0v) is 12.5. The van der Waals surface area contributed by atoms with E-state index < -0.39 is 27.8 Å². The summed E-state index contributed by atoms with van der Waals surface area (Å²) in [7, 11) is -3.47. The number of aryl methyl sites for hydroxylation is 1. The highest BCUT2D eigenvalue weighted by atomic mass is 32.2. The fourth-order valence-electron chi connectivity index (χ4n) is 1.70. The van der Waals surface area contributed by atoms with Gasteiger partial charge in [-0.2, -0.15) is 0 Å². The second-order valence-electron chi connectivity index (χ2n) is 4.63. The van der Waals surface area contributed by atoms with E-state index in [2.05, 4.69) is 5.32 Å². The lowest BCUT2D eigenvalue weighted by Crippen LogP contribution is -2.41. The number of rotatable bonds is 6. The van der Waals surface area contributed by atoms with Gasteiger partial charge in [-0.15, -0.1) is 0 Å². The Morgan fingerprint density at radius 3 is 2.43 bits per heavy atom. The molecule has 1 aromatic rings. The molecule has 0 aliphatic carbocycles. The van der Waals surface area contributed by atoms with Crippen LogP contribution >= 0.6 is 0 Å². The molecule has 0 fully saturated rings. The summed E-state index contributed by atoms with van der Waals surface area (Å²) in [4.78, 5) is 23.0. The normalized spacial score (nSPS) is 12.7. The van der Waals surface area contributed by atoms with E-state index >= 15 is 0 Å². The summed E-state index contributed by atoms with van der Waals surface area (Å²) < 4.78 is 23.0. The number of carboxylic acids is 1. The molecular weight excluding hydrogens is 298 g/mol. The third-order valence-corrected chi connectivity index (χ3v) is 4.01. The van der Waals surface area contributed by atoms with Gasteiger partial charge in [0.15, 0.2) is 9.84 Å². The molecule has 1 aromatic carbocycles. The number of hydrogen-bond donors (Lipinski definition) is 3. The van der Waals surface area contributed by atoms with Gasteiger partial charge in [-0.25, -0.2) is 13.2 Å². The maximum Gasteiger partial charge on any atom is 0.326 e. The number of amides is 1. The van der Waals surface area contributed by atoms with Gasteiger partial charge in [0.1, 0.15) is 6.04 Å². The van der Waals surface area contributed by atoms with Crippen molar-refractivity contribution in [1.82, 2.24) is 5.32 Å². The van der Waals surface area contributed by atoms with Crippen LogP contribution in [-0.2, 0) is 14.6 Å². The van der Waals surface area contributed by atoms with Gasteiger partial charge >= 0.3 is 5.97 Å². The summed E-state index contributed by atoms with van der Waals surface area (Å²) in [5, 5.41) is 20.0. The molecule has 7 nitrogen and oxygen atoms in total. The van der Waals surface area contributed by atoms with Crippen LogP contribution < -0.4 is 5.32 Å². The van der Waals surface area contributed by atoms with Crippen LogP contribution in [-0.4, -0.2) is 49.4 Å². The molecule has 0 aromatic heterocycles. The van der Waals surface area contributed by atoms with Gasteiger partial charge in [-0.3, -0.25) is 4.79 Å². The van der Waals surface area contributed by atoms with E-state index in [9.17, 15) is 18.0 Å². The van der Waals surface area contributed by atoms with Crippen molar-refractivity contribution >= 4 is 21.7 Å². The molecule has 0 radical (unpaired) electrons. The van der Waals surface area contributed by atoms with Crippen LogP contribution in [0.4, 0.5) is 0 Å². The number of aliphatic hydroxyl groups is 1. The zero-order valence-electron chi connectivity index (χ0n) is 11.7. The van der Waals surface area contributed by atoms with Crippen molar-refractivity contribution in [3.63, 3.8) is 0 Å². The maximum absolute atomic E-state index is 12.1. The Balaban J connectivity index is 3.09. The van der Waals surface area contributed by atoms with Gasteiger partial charge in [0.05, 0.1) is 4.90 Å². The first kappa shape index (κ1) is 17.1. The molecular formula is C13H17NO6S. The Morgan fingerprint density at radius 1 is 1.33 bits per heavy atom. The number of carboxylic acid groups (broad SMARTS) is 1. The number of sulfone groups is 1. The average Bonchev–Trinajstić information content (AvgIpc) is 2.36. The molecule has 0 spiro atoms. The largest absolute Gasteiger partial charge is 0.480 e. The summed E-state index contributed by atoms with van der Waals surface area (Å²) >= 11 is 0. The lowest BCUT2D eigenvalue weighted by Gasteiger charge is -2.14. The molecule has 0 saturated carbocycles. The third kappa shape index (κ3) is 4.54. The second kappa shape index (κ2) is 6.68. The fraction of sp³-hybridized carbons (Fsp3) is 0.385. The van der Waals surface area contributed by atoms with Crippen molar-refractivity contribution in [2.75, 3.05) is 12.9 Å². The molecule has 0 unspecified atom stereocenters.